The molecule has 1 aliphatic rings. The zero-order valence-corrected chi connectivity index (χ0v) is 7.51. The molecule has 1 heterocycles. The molecular weight excluding hydrogens is 138 g/mol. The molecule has 1 aliphatic heterocycles. The lowest BCUT2D eigenvalue weighted by molar-refractivity contribution is 0.111. The van der Waals surface area contributed by atoms with Crippen LogP contribution in [0.25, 0.3) is 0 Å². The maximum absolute atomic E-state index is 9.35. The van der Waals surface area contributed by atoms with Crippen molar-refractivity contribution in [1.29, 1.82) is 0 Å². The van der Waals surface area contributed by atoms with Crippen LogP contribution in [0.3, 0.4) is 0 Å². The molecule has 0 spiro atoms. The van der Waals surface area contributed by atoms with Crippen LogP contribution in [0.2, 0.25) is 0 Å². The van der Waals surface area contributed by atoms with Gasteiger partial charge < -0.3 is 10.4 Å². The molecule has 1 saturated heterocycles. The molecule has 2 unspecified atom stereocenters. The molecule has 11 heavy (non-hydrogen) atoms. The average molecular weight is 157 g/mol. The molecule has 0 aromatic carbocycles. The highest BCUT2D eigenvalue weighted by Gasteiger charge is 2.19. The highest BCUT2D eigenvalue weighted by atomic mass is 16.3. The van der Waals surface area contributed by atoms with E-state index in [1.54, 1.807) is 0 Å². The summed E-state index contributed by atoms with van der Waals surface area (Å²) in [7, 11) is 0. The van der Waals surface area contributed by atoms with Crippen LogP contribution in [0.15, 0.2) is 0 Å². The Morgan fingerprint density at radius 3 is 2.82 bits per heavy atom. The van der Waals surface area contributed by atoms with E-state index in [-0.39, 0.29) is 6.10 Å². The highest BCUT2D eigenvalue weighted by molar-refractivity contribution is 4.78. The van der Waals surface area contributed by atoms with E-state index < -0.39 is 0 Å². The lowest BCUT2D eigenvalue weighted by Crippen LogP contribution is -2.40. The summed E-state index contributed by atoms with van der Waals surface area (Å²) in [6.07, 6.45) is 3.00. The maximum Gasteiger partial charge on any atom is 0.0567 e. The average Bonchev–Trinajstić information content (AvgIpc) is 1.85. The SMILES string of the molecule is CC(C)CC1CC(O)CCN1. The Kier molecular flexibility index (Phi) is 3.34. The fourth-order valence-corrected chi connectivity index (χ4v) is 1.73. The van der Waals surface area contributed by atoms with Crippen LogP contribution in [0.5, 0.6) is 0 Å². The quantitative estimate of drug-likeness (QED) is 0.630. The topological polar surface area (TPSA) is 32.3 Å². The van der Waals surface area contributed by atoms with Crippen molar-refractivity contribution in [3.63, 3.8) is 0 Å². The van der Waals surface area contributed by atoms with E-state index in [1.165, 1.54) is 6.42 Å². The summed E-state index contributed by atoms with van der Waals surface area (Å²) >= 11 is 0. The van der Waals surface area contributed by atoms with E-state index in [0.717, 1.165) is 25.3 Å². The van der Waals surface area contributed by atoms with E-state index in [4.69, 9.17) is 0 Å². The van der Waals surface area contributed by atoms with Crippen molar-refractivity contribution >= 4 is 0 Å². The Balaban J connectivity index is 2.23. The Morgan fingerprint density at radius 1 is 1.55 bits per heavy atom. The normalized spacial score (nSPS) is 32.7. The number of rotatable bonds is 2. The van der Waals surface area contributed by atoms with E-state index in [9.17, 15) is 5.11 Å². The minimum atomic E-state index is -0.0556. The molecule has 0 radical (unpaired) electrons. The van der Waals surface area contributed by atoms with Gasteiger partial charge >= 0.3 is 0 Å². The molecule has 0 aliphatic carbocycles. The van der Waals surface area contributed by atoms with Gasteiger partial charge in [-0.3, -0.25) is 0 Å². The molecule has 0 amide bonds. The Morgan fingerprint density at radius 2 is 2.27 bits per heavy atom. The van der Waals surface area contributed by atoms with Crippen molar-refractivity contribution in [3.8, 4) is 0 Å². The summed E-state index contributed by atoms with van der Waals surface area (Å²) in [4.78, 5) is 0. The second-order valence-electron chi connectivity index (χ2n) is 3.96. The predicted octanol–water partition coefficient (Wildman–Crippen LogP) is 1.15. The van der Waals surface area contributed by atoms with Gasteiger partial charge in [-0.1, -0.05) is 13.8 Å². The standard InChI is InChI=1S/C9H19NO/c1-7(2)5-8-6-9(11)3-4-10-8/h7-11H,3-6H2,1-2H3. The van der Waals surface area contributed by atoms with Crippen molar-refractivity contribution in [2.45, 2.75) is 45.3 Å². The van der Waals surface area contributed by atoms with Crippen molar-refractivity contribution in [2.24, 2.45) is 5.92 Å². The van der Waals surface area contributed by atoms with Crippen molar-refractivity contribution in [1.82, 2.24) is 5.32 Å². The summed E-state index contributed by atoms with van der Waals surface area (Å²) in [5.74, 6) is 0.734. The van der Waals surface area contributed by atoms with Crippen LogP contribution < -0.4 is 5.32 Å². The molecule has 1 fully saturated rings. The summed E-state index contributed by atoms with van der Waals surface area (Å²) in [5, 5.41) is 12.8. The number of aliphatic hydroxyl groups is 1. The number of hydrogen-bond acceptors (Lipinski definition) is 2. The molecule has 2 atom stereocenters. The van der Waals surface area contributed by atoms with Gasteiger partial charge in [-0.15, -0.1) is 0 Å². The van der Waals surface area contributed by atoms with E-state index in [1.807, 2.05) is 0 Å². The zero-order valence-electron chi connectivity index (χ0n) is 7.51. The van der Waals surface area contributed by atoms with Crippen LogP contribution >= 0.6 is 0 Å². The largest absolute Gasteiger partial charge is 0.393 e. The molecule has 0 bridgehead atoms. The second kappa shape index (κ2) is 4.07. The third-order valence-electron chi connectivity index (χ3n) is 2.22. The Labute approximate surface area is 69.0 Å². The van der Waals surface area contributed by atoms with Crippen molar-refractivity contribution in [3.05, 3.63) is 0 Å². The van der Waals surface area contributed by atoms with Crippen LogP contribution in [0.1, 0.15) is 33.1 Å². The van der Waals surface area contributed by atoms with Gasteiger partial charge in [0.05, 0.1) is 6.10 Å². The van der Waals surface area contributed by atoms with Crippen molar-refractivity contribution < 1.29 is 5.11 Å². The van der Waals surface area contributed by atoms with Crippen LogP contribution in [0.4, 0.5) is 0 Å². The minimum absolute atomic E-state index is 0.0556. The van der Waals surface area contributed by atoms with Gasteiger partial charge in [-0.25, -0.2) is 0 Å². The van der Waals surface area contributed by atoms with Gasteiger partial charge in [0.2, 0.25) is 0 Å². The first kappa shape index (κ1) is 9.01. The zero-order chi connectivity index (χ0) is 8.27. The van der Waals surface area contributed by atoms with E-state index in [0.29, 0.717) is 6.04 Å². The lowest BCUT2D eigenvalue weighted by atomic mass is 9.94. The number of piperidine rings is 1. The highest BCUT2D eigenvalue weighted by Crippen LogP contribution is 2.14. The molecule has 0 saturated carbocycles. The van der Waals surface area contributed by atoms with Crippen LogP contribution in [-0.4, -0.2) is 23.8 Å². The van der Waals surface area contributed by atoms with Gasteiger partial charge in [0.1, 0.15) is 0 Å². The maximum atomic E-state index is 9.35. The first-order valence-electron chi connectivity index (χ1n) is 4.60. The third kappa shape index (κ3) is 3.21. The van der Waals surface area contributed by atoms with Crippen LogP contribution in [0, 0.1) is 5.92 Å². The molecule has 2 N–H and O–H groups in total. The van der Waals surface area contributed by atoms with Crippen LogP contribution in [-0.2, 0) is 0 Å². The first-order valence-corrected chi connectivity index (χ1v) is 4.60. The minimum Gasteiger partial charge on any atom is -0.393 e. The Bertz CT molecular complexity index is 112. The summed E-state index contributed by atoms with van der Waals surface area (Å²) in [5.41, 5.74) is 0. The predicted molar refractivity (Wildman–Crippen MR) is 46.5 cm³/mol. The van der Waals surface area contributed by atoms with Gasteiger partial charge in [-0.2, -0.15) is 0 Å². The number of aliphatic hydroxyl groups excluding tert-OH is 1. The van der Waals surface area contributed by atoms with Gasteiger partial charge in [-0.05, 0) is 31.7 Å². The molecule has 2 heteroatoms. The Hall–Kier alpha value is -0.0800. The monoisotopic (exact) mass is 157 g/mol. The molecular formula is C9H19NO. The van der Waals surface area contributed by atoms with Gasteiger partial charge in [0.25, 0.3) is 0 Å². The summed E-state index contributed by atoms with van der Waals surface area (Å²) in [6.45, 7) is 5.43. The lowest BCUT2D eigenvalue weighted by Gasteiger charge is -2.28. The summed E-state index contributed by atoms with van der Waals surface area (Å²) < 4.78 is 0. The number of hydrogen-bond donors (Lipinski definition) is 2. The number of nitrogens with one attached hydrogen (secondary N) is 1. The first-order chi connectivity index (χ1) is 5.18. The van der Waals surface area contributed by atoms with E-state index >= 15 is 0 Å². The molecule has 2 nitrogen and oxygen atoms in total. The molecule has 0 aromatic heterocycles. The molecule has 66 valence electrons. The van der Waals surface area contributed by atoms with Gasteiger partial charge in [0, 0.05) is 6.04 Å². The third-order valence-corrected chi connectivity index (χ3v) is 2.22. The van der Waals surface area contributed by atoms with Crippen molar-refractivity contribution in [2.75, 3.05) is 6.54 Å². The molecule has 1 rings (SSSR count). The molecule has 0 aromatic rings. The van der Waals surface area contributed by atoms with Gasteiger partial charge in [0.15, 0.2) is 0 Å². The summed E-state index contributed by atoms with van der Waals surface area (Å²) in [6, 6.07) is 0.554. The fraction of sp³-hybridized carbons (Fsp3) is 1.00. The fourth-order valence-electron chi connectivity index (χ4n) is 1.73. The van der Waals surface area contributed by atoms with E-state index in [2.05, 4.69) is 19.2 Å². The smallest absolute Gasteiger partial charge is 0.0567 e. The second-order valence-corrected chi connectivity index (χ2v) is 3.96.